The predicted molar refractivity (Wildman–Crippen MR) is 56.0 cm³/mol. The Morgan fingerprint density at radius 2 is 2.47 bits per heavy atom. The van der Waals surface area contributed by atoms with Gasteiger partial charge in [0.05, 0.1) is 0 Å². The number of aromatic nitrogens is 1. The van der Waals surface area contributed by atoms with E-state index in [4.69, 9.17) is 9.63 Å². The van der Waals surface area contributed by atoms with E-state index >= 15 is 0 Å². The van der Waals surface area contributed by atoms with E-state index in [0.717, 1.165) is 25.9 Å². The largest absolute Gasteiger partial charge is 0.477 e. The molecular weight excluding hydrogens is 264 g/mol. The molecule has 6 heteroatoms. The van der Waals surface area contributed by atoms with Gasteiger partial charge in [-0.1, -0.05) is 5.16 Å². The van der Waals surface area contributed by atoms with Crippen LogP contribution < -0.4 is 5.32 Å². The number of carboxylic acid groups (broad SMARTS) is 1. The lowest BCUT2D eigenvalue weighted by Crippen LogP contribution is -2.28. The topological polar surface area (TPSA) is 75.4 Å². The minimum atomic E-state index is -0.997. The van der Waals surface area contributed by atoms with Crippen molar-refractivity contribution in [2.45, 2.75) is 18.8 Å². The SMILES string of the molecule is O=C(O)c1c(Br)noc1C1CCCNC1. The molecule has 1 unspecified atom stereocenters. The van der Waals surface area contributed by atoms with E-state index < -0.39 is 5.97 Å². The average molecular weight is 275 g/mol. The molecular formula is C9H11BrN2O3. The molecule has 0 saturated carbocycles. The van der Waals surface area contributed by atoms with Gasteiger partial charge in [0.2, 0.25) is 0 Å². The van der Waals surface area contributed by atoms with Gasteiger partial charge >= 0.3 is 5.97 Å². The van der Waals surface area contributed by atoms with Crippen LogP contribution in [-0.4, -0.2) is 29.3 Å². The van der Waals surface area contributed by atoms with Crippen LogP contribution in [0.25, 0.3) is 0 Å². The number of aromatic carboxylic acids is 1. The second kappa shape index (κ2) is 4.32. The quantitative estimate of drug-likeness (QED) is 0.857. The molecule has 0 aliphatic carbocycles. The van der Waals surface area contributed by atoms with E-state index in [1.165, 1.54) is 0 Å². The molecule has 1 aliphatic heterocycles. The first-order valence-corrected chi connectivity index (χ1v) is 5.58. The number of nitrogens with one attached hydrogen (secondary N) is 1. The number of carboxylic acids is 1. The molecule has 1 aliphatic rings. The summed E-state index contributed by atoms with van der Waals surface area (Å²) in [6.07, 6.45) is 1.97. The van der Waals surface area contributed by atoms with Crippen molar-refractivity contribution in [3.8, 4) is 0 Å². The minimum Gasteiger partial charge on any atom is -0.477 e. The molecule has 0 aromatic carbocycles. The highest BCUT2D eigenvalue weighted by Crippen LogP contribution is 2.30. The molecule has 1 atom stereocenters. The van der Waals surface area contributed by atoms with Crippen LogP contribution in [0.3, 0.4) is 0 Å². The number of nitrogens with zero attached hydrogens (tertiary/aromatic N) is 1. The molecule has 1 aromatic rings. The zero-order valence-corrected chi connectivity index (χ0v) is 9.58. The summed E-state index contributed by atoms with van der Waals surface area (Å²) in [4.78, 5) is 11.0. The highest BCUT2D eigenvalue weighted by molar-refractivity contribution is 9.10. The summed E-state index contributed by atoms with van der Waals surface area (Å²) in [6, 6.07) is 0. The normalized spacial score (nSPS) is 21.5. The van der Waals surface area contributed by atoms with Gasteiger partial charge in [-0.05, 0) is 35.3 Å². The average Bonchev–Trinajstić information content (AvgIpc) is 2.61. The van der Waals surface area contributed by atoms with Gasteiger partial charge in [-0.2, -0.15) is 0 Å². The van der Waals surface area contributed by atoms with E-state index in [0.29, 0.717) is 5.76 Å². The molecule has 15 heavy (non-hydrogen) atoms. The fourth-order valence-corrected chi connectivity index (χ4v) is 2.27. The third-order valence-electron chi connectivity index (χ3n) is 2.56. The van der Waals surface area contributed by atoms with Crippen molar-refractivity contribution in [3.63, 3.8) is 0 Å². The Morgan fingerprint density at radius 1 is 1.67 bits per heavy atom. The van der Waals surface area contributed by atoms with Crippen molar-refractivity contribution < 1.29 is 14.4 Å². The Morgan fingerprint density at radius 3 is 3.07 bits per heavy atom. The molecule has 2 heterocycles. The molecule has 2 N–H and O–H groups in total. The summed E-state index contributed by atoms with van der Waals surface area (Å²) in [5.74, 6) is -0.408. The molecule has 1 saturated heterocycles. The van der Waals surface area contributed by atoms with Crippen molar-refractivity contribution in [1.29, 1.82) is 0 Å². The summed E-state index contributed by atoms with van der Waals surface area (Å²) in [7, 11) is 0. The third kappa shape index (κ3) is 2.05. The first kappa shape index (κ1) is 10.6. The predicted octanol–water partition coefficient (Wildman–Crippen LogP) is 1.60. The number of hydrogen-bond donors (Lipinski definition) is 2. The summed E-state index contributed by atoms with van der Waals surface area (Å²) >= 11 is 3.08. The van der Waals surface area contributed by atoms with E-state index in [2.05, 4.69) is 26.4 Å². The van der Waals surface area contributed by atoms with Gasteiger partial charge in [-0.25, -0.2) is 4.79 Å². The summed E-state index contributed by atoms with van der Waals surface area (Å²) < 4.78 is 5.35. The van der Waals surface area contributed by atoms with Crippen LogP contribution >= 0.6 is 15.9 Å². The number of carbonyl (C=O) groups is 1. The summed E-state index contributed by atoms with van der Waals surface area (Å²) in [6.45, 7) is 1.73. The zero-order chi connectivity index (χ0) is 10.8. The van der Waals surface area contributed by atoms with Crippen LogP contribution in [0.5, 0.6) is 0 Å². The third-order valence-corrected chi connectivity index (χ3v) is 3.10. The Bertz CT molecular complexity index is 371. The summed E-state index contributed by atoms with van der Waals surface area (Å²) in [5, 5.41) is 15.9. The van der Waals surface area contributed by atoms with Gasteiger partial charge in [0.15, 0.2) is 10.4 Å². The van der Waals surface area contributed by atoms with Gasteiger partial charge < -0.3 is 14.9 Å². The fraction of sp³-hybridized carbons (Fsp3) is 0.556. The standard InChI is InChI=1S/C9H11BrN2O3/c10-8-6(9(13)14)7(15-12-8)5-2-1-3-11-4-5/h5,11H,1-4H2,(H,13,14). The molecule has 82 valence electrons. The maximum absolute atomic E-state index is 11.0. The molecule has 1 fully saturated rings. The van der Waals surface area contributed by atoms with Gasteiger partial charge in [-0.3, -0.25) is 0 Å². The lowest BCUT2D eigenvalue weighted by Gasteiger charge is -2.20. The number of piperidine rings is 1. The first-order chi connectivity index (χ1) is 7.20. The van der Waals surface area contributed by atoms with E-state index in [-0.39, 0.29) is 16.1 Å². The van der Waals surface area contributed by atoms with Gasteiger partial charge in [0.1, 0.15) is 5.56 Å². The Labute approximate surface area is 95.0 Å². The second-order valence-electron chi connectivity index (χ2n) is 3.56. The molecule has 2 rings (SSSR count). The van der Waals surface area contributed by atoms with Crippen molar-refractivity contribution in [3.05, 3.63) is 15.9 Å². The maximum atomic E-state index is 11.0. The zero-order valence-electron chi connectivity index (χ0n) is 7.99. The van der Waals surface area contributed by atoms with Gasteiger partial charge in [-0.15, -0.1) is 0 Å². The fourth-order valence-electron chi connectivity index (χ4n) is 1.83. The van der Waals surface area contributed by atoms with Crippen LogP contribution in [0.4, 0.5) is 0 Å². The van der Waals surface area contributed by atoms with Crippen molar-refractivity contribution >= 4 is 21.9 Å². The van der Waals surface area contributed by atoms with E-state index in [1.807, 2.05) is 0 Å². The Kier molecular flexibility index (Phi) is 3.06. The second-order valence-corrected chi connectivity index (χ2v) is 4.31. The highest BCUT2D eigenvalue weighted by atomic mass is 79.9. The molecule has 0 amide bonds. The number of rotatable bonds is 2. The maximum Gasteiger partial charge on any atom is 0.342 e. The molecule has 1 aromatic heterocycles. The van der Waals surface area contributed by atoms with Gasteiger partial charge in [0, 0.05) is 12.5 Å². The van der Waals surface area contributed by atoms with E-state index in [1.54, 1.807) is 0 Å². The highest BCUT2D eigenvalue weighted by Gasteiger charge is 2.28. The molecule has 5 nitrogen and oxygen atoms in total. The summed E-state index contributed by atoms with van der Waals surface area (Å²) in [5.41, 5.74) is 0.156. The van der Waals surface area contributed by atoms with Crippen molar-refractivity contribution in [1.82, 2.24) is 10.5 Å². The Balaban J connectivity index is 2.30. The lowest BCUT2D eigenvalue weighted by molar-refractivity contribution is 0.0692. The number of halogens is 1. The molecule has 0 radical (unpaired) electrons. The molecule has 0 spiro atoms. The smallest absolute Gasteiger partial charge is 0.342 e. The van der Waals surface area contributed by atoms with Crippen LogP contribution in [0.2, 0.25) is 0 Å². The molecule has 0 bridgehead atoms. The lowest BCUT2D eigenvalue weighted by atomic mass is 9.95. The van der Waals surface area contributed by atoms with Crippen molar-refractivity contribution in [2.24, 2.45) is 0 Å². The van der Waals surface area contributed by atoms with E-state index in [9.17, 15) is 4.79 Å². The number of hydrogen-bond acceptors (Lipinski definition) is 4. The van der Waals surface area contributed by atoms with Crippen LogP contribution in [0.15, 0.2) is 9.13 Å². The van der Waals surface area contributed by atoms with Crippen LogP contribution in [0, 0.1) is 0 Å². The Hall–Kier alpha value is -0.880. The monoisotopic (exact) mass is 274 g/mol. The first-order valence-electron chi connectivity index (χ1n) is 4.79. The van der Waals surface area contributed by atoms with Gasteiger partial charge in [0.25, 0.3) is 0 Å². The van der Waals surface area contributed by atoms with Crippen LogP contribution in [-0.2, 0) is 0 Å². The van der Waals surface area contributed by atoms with Crippen molar-refractivity contribution in [2.75, 3.05) is 13.1 Å². The van der Waals surface area contributed by atoms with Crippen LogP contribution in [0.1, 0.15) is 34.9 Å². The minimum absolute atomic E-state index is 0.114.